The van der Waals surface area contributed by atoms with Crippen LogP contribution in [0.1, 0.15) is 33.0 Å². The molecule has 0 aliphatic heterocycles. The number of carbonyl (C=O) groups is 1. The van der Waals surface area contributed by atoms with Crippen molar-refractivity contribution in [2.24, 2.45) is 0 Å². The van der Waals surface area contributed by atoms with Gasteiger partial charge in [0.1, 0.15) is 5.76 Å². The molecule has 3 aromatic carbocycles. The molecular formula is C25H23NO2S. The van der Waals surface area contributed by atoms with E-state index in [0.29, 0.717) is 18.1 Å². The van der Waals surface area contributed by atoms with Crippen LogP contribution in [0.25, 0.3) is 10.8 Å². The van der Waals surface area contributed by atoms with Gasteiger partial charge in [0.25, 0.3) is 5.91 Å². The van der Waals surface area contributed by atoms with Gasteiger partial charge in [-0.2, -0.15) is 0 Å². The molecule has 0 unspecified atom stereocenters. The number of hydrogen-bond acceptors (Lipinski definition) is 3. The van der Waals surface area contributed by atoms with Crippen molar-refractivity contribution >= 4 is 28.4 Å². The fraction of sp³-hybridized carbons (Fsp3) is 0.160. The number of amides is 1. The van der Waals surface area contributed by atoms with Crippen LogP contribution < -0.4 is 5.32 Å². The number of furan rings is 1. The molecule has 0 bridgehead atoms. The van der Waals surface area contributed by atoms with Gasteiger partial charge >= 0.3 is 0 Å². The van der Waals surface area contributed by atoms with E-state index in [0.717, 1.165) is 16.7 Å². The lowest BCUT2D eigenvalue weighted by atomic mass is 10.0. The van der Waals surface area contributed by atoms with Crippen LogP contribution >= 0.6 is 11.8 Å². The molecule has 1 heterocycles. The van der Waals surface area contributed by atoms with Gasteiger partial charge in [-0.1, -0.05) is 60.7 Å². The lowest BCUT2D eigenvalue weighted by Gasteiger charge is -2.08. The topological polar surface area (TPSA) is 42.2 Å². The molecule has 4 rings (SSSR count). The van der Waals surface area contributed by atoms with E-state index in [1.807, 2.05) is 30.3 Å². The Hall–Kier alpha value is -2.98. The second-order valence-electron chi connectivity index (χ2n) is 7.10. The van der Waals surface area contributed by atoms with Crippen LogP contribution in [0.5, 0.6) is 0 Å². The molecule has 4 aromatic rings. The summed E-state index contributed by atoms with van der Waals surface area (Å²) >= 11 is 1.74. The smallest absolute Gasteiger partial charge is 0.287 e. The average Bonchev–Trinajstić information content (AvgIpc) is 3.21. The number of hydrogen-bond donors (Lipinski definition) is 1. The molecule has 0 saturated heterocycles. The molecule has 0 fully saturated rings. The third-order valence-corrected chi connectivity index (χ3v) is 6.33. The van der Waals surface area contributed by atoms with Crippen LogP contribution in [0.3, 0.4) is 0 Å². The summed E-state index contributed by atoms with van der Waals surface area (Å²) < 4.78 is 5.79. The first-order valence-electron chi connectivity index (χ1n) is 9.64. The van der Waals surface area contributed by atoms with E-state index < -0.39 is 0 Å². The maximum atomic E-state index is 12.5. The highest BCUT2D eigenvalue weighted by Crippen LogP contribution is 2.29. The highest BCUT2D eigenvalue weighted by Gasteiger charge is 2.12. The highest BCUT2D eigenvalue weighted by molar-refractivity contribution is 7.98. The van der Waals surface area contributed by atoms with Crippen molar-refractivity contribution in [2.75, 3.05) is 0 Å². The van der Waals surface area contributed by atoms with Crippen LogP contribution in [-0.2, 0) is 12.3 Å². The van der Waals surface area contributed by atoms with Crippen molar-refractivity contribution in [3.63, 3.8) is 0 Å². The van der Waals surface area contributed by atoms with E-state index in [9.17, 15) is 4.79 Å². The van der Waals surface area contributed by atoms with Crippen LogP contribution in [0.4, 0.5) is 0 Å². The maximum Gasteiger partial charge on any atom is 0.287 e. The Morgan fingerprint density at radius 1 is 0.897 bits per heavy atom. The van der Waals surface area contributed by atoms with Gasteiger partial charge in [0.2, 0.25) is 0 Å². The third-order valence-electron chi connectivity index (χ3n) is 4.97. The van der Waals surface area contributed by atoms with Crippen molar-refractivity contribution in [3.05, 3.63) is 101 Å². The second kappa shape index (κ2) is 8.58. The largest absolute Gasteiger partial charge is 0.455 e. The molecule has 0 spiro atoms. The molecule has 29 heavy (non-hydrogen) atoms. The Labute approximate surface area is 175 Å². The van der Waals surface area contributed by atoms with Crippen molar-refractivity contribution in [1.29, 1.82) is 0 Å². The van der Waals surface area contributed by atoms with Gasteiger partial charge in [-0.05, 0) is 53.4 Å². The zero-order valence-corrected chi connectivity index (χ0v) is 17.4. The highest BCUT2D eigenvalue weighted by atomic mass is 32.2. The molecular weight excluding hydrogens is 378 g/mol. The zero-order valence-electron chi connectivity index (χ0n) is 16.6. The van der Waals surface area contributed by atoms with Crippen molar-refractivity contribution < 1.29 is 9.21 Å². The van der Waals surface area contributed by atoms with Crippen molar-refractivity contribution in [2.45, 2.75) is 31.0 Å². The number of thioether (sulfide) groups is 1. The van der Waals surface area contributed by atoms with Crippen LogP contribution in [0.2, 0.25) is 0 Å². The summed E-state index contributed by atoms with van der Waals surface area (Å²) in [5.74, 6) is 1.65. The summed E-state index contributed by atoms with van der Waals surface area (Å²) in [6.07, 6.45) is 0. The van der Waals surface area contributed by atoms with Gasteiger partial charge in [0, 0.05) is 11.4 Å². The Balaban J connectivity index is 1.39. The van der Waals surface area contributed by atoms with Crippen LogP contribution in [0.15, 0.2) is 82.1 Å². The molecule has 1 N–H and O–H groups in total. The molecule has 146 valence electrons. The minimum absolute atomic E-state index is 0.193. The standard InChI is InChI=1S/C25H23NO2S/c1-17-7-5-8-18(2)24(17)29-16-21-13-14-23(28-21)25(27)26-15-20-11-6-10-19-9-3-4-12-22(19)20/h3-14H,15-16H2,1-2H3,(H,26,27). The predicted molar refractivity (Wildman–Crippen MR) is 119 cm³/mol. The Morgan fingerprint density at radius 3 is 2.45 bits per heavy atom. The van der Waals surface area contributed by atoms with Gasteiger partial charge in [0.15, 0.2) is 5.76 Å². The minimum Gasteiger partial charge on any atom is -0.455 e. The number of rotatable bonds is 6. The van der Waals surface area contributed by atoms with E-state index in [2.05, 4.69) is 55.6 Å². The predicted octanol–water partition coefficient (Wildman–Crippen LogP) is 6.27. The summed E-state index contributed by atoms with van der Waals surface area (Å²) in [6.45, 7) is 4.70. The van der Waals surface area contributed by atoms with Gasteiger partial charge in [-0.25, -0.2) is 0 Å². The molecule has 4 heteroatoms. The summed E-state index contributed by atoms with van der Waals surface area (Å²) in [5, 5.41) is 5.30. The van der Waals surface area contributed by atoms with Gasteiger partial charge in [-0.3, -0.25) is 4.79 Å². The summed E-state index contributed by atoms with van der Waals surface area (Å²) in [5.41, 5.74) is 3.61. The zero-order chi connectivity index (χ0) is 20.2. The normalized spacial score (nSPS) is 11.0. The number of aryl methyl sites for hydroxylation is 2. The van der Waals surface area contributed by atoms with E-state index in [1.54, 1.807) is 17.8 Å². The quantitative estimate of drug-likeness (QED) is 0.387. The fourth-order valence-electron chi connectivity index (χ4n) is 3.46. The Kier molecular flexibility index (Phi) is 5.72. The molecule has 0 radical (unpaired) electrons. The van der Waals surface area contributed by atoms with Gasteiger partial charge in [-0.15, -0.1) is 11.8 Å². The number of fused-ring (bicyclic) bond motifs is 1. The molecule has 0 aliphatic carbocycles. The van der Waals surface area contributed by atoms with Gasteiger partial charge in [0.05, 0.1) is 5.75 Å². The lowest BCUT2D eigenvalue weighted by Crippen LogP contribution is -2.22. The fourth-order valence-corrected chi connectivity index (χ4v) is 4.49. The summed E-state index contributed by atoms with van der Waals surface area (Å²) in [7, 11) is 0. The SMILES string of the molecule is Cc1cccc(C)c1SCc1ccc(C(=O)NCc2cccc3ccccc23)o1. The molecule has 0 saturated carbocycles. The molecule has 1 aromatic heterocycles. The Bertz CT molecular complexity index is 1140. The lowest BCUT2D eigenvalue weighted by molar-refractivity contribution is 0.0922. The molecule has 0 aliphatic rings. The van der Waals surface area contributed by atoms with Crippen molar-refractivity contribution in [3.8, 4) is 0 Å². The van der Waals surface area contributed by atoms with Crippen LogP contribution in [0, 0.1) is 13.8 Å². The number of benzene rings is 3. The minimum atomic E-state index is -0.193. The first-order valence-corrected chi connectivity index (χ1v) is 10.6. The third kappa shape index (κ3) is 4.38. The Morgan fingerprint density at radius 2 is 1.62 bits per heavy atom. The van der Waals surface area contributed by atoms with E-state index in [-0.39, 0.29) is 5.91 Å². The number of nitrogens with one attached hydrogen (secondary N) is 1. The summed E-state index contributed by atoms with van der Waals surface area (Å²) in [4.78, 5) is 13.8. The van der Waals surface area contributed by atoms with Gasteiger partial charge < -0.3 is 9.73 Å². The van der Waals surface area contributed by atoms with E-state index in [4.69, 9.17) is 4.42 Å². The molecule has 3 nitrogen and oxygen atoms in total. The molecule has 1 amide bonds. The van der Waals surface area contributed by atoms with E-state index >= 15 is 0 Å². The monoisotopic (exact) mass is 401 g/mol. The summed E-state index contributed by atoms with van der Waals surface area (Å²) in [6, 6.07) is 24.2. The number of carbonyl (C=O) groups excluding carboxylic acids is 1. The maximum absolute atomic E-state index is 12.5. The first-order chi connectivity index (χ1) is 14.1. The average molecular weight is 402 g/mol. The molecule has 0 atom stereocenters. The second-order valence-corrected chi connectivity index (χ2v) is 8.08. The van der Waals surface area contributed by atoms with E-state index in [1.165, 1.54) is 21.4 Å². The van der Waals surface area contributed by atoms with Crippen LogP contribution in [-0.4, -0.2) is 5.91 Å². The van der Waals surface area contributed by atoms with Crippen molar-refractivity contribution in [1.82, 2.24) is 5.32 Å². The first kappa shape index (κ1) is 19.3.